The molecule has 47 heavy (non-hydrogen) atoms. The molecule has 4 nitrogen and oxygen atoms in total. The fraction of sp³-hybridized carbons (Fsp3) is 0. The van der Waals surface area contributed by atoms with Crippen LogP contribution in [0.2, 0.25) is 0 Å². The van der Waals surface area contributed by atoms with Gasteiger partial charge in [-0.05, 0) is 83.6 Å². The summed E-state index contributed by atoms with van der Waals surface area (Å²) in [5, 5.41) is 23.3. The van der Waals surface area contributed by atoms with E-state index in [1.807, 2.05) is 47.2 Å². The third-order valence-electron chi connectivity index (χ3n) is 7.18. The zero-order valence-electron chi connectivity index (χ0n) is 24.2. The van der Waals surface area contributed by atoms with Crippen molar-refractivity contribution in [2.75, 3.05) is 5.73 Å². The molecule has 0 atom stereocenters. The normalized spacial score (nSPS) is 11.8. The zero-order valence-corrected chi connectivity index (χ0v) is 29.9. The second kappa shape index (κ2) is 13.8. The van der Waals surface area contributed by atoms with Crippen molar-refractivity contribution in [3.8, 4) is 52.5 Å². The highest BCUT2D eigenvalue weighted by atomic mass is 32.1. The van der Waals surface area contributed by atoms with Crippen LogP contribution in [0.4, 0.5) is 11.4 Å². The number of hydrogen-bond donors (Lipinski definition) is 1. The lowest BCUT2D eigenvalue weighted by Gasteiger charge is -2.10. The van der Waals surface area contributed by atoms with Gasteiger partial charge in [0.15, 0.2) is 0 Å². The molecule has 226 valence electrons. The van der Waals surface area contributed by atoms with Crippen LogP contribution in [0, 0.1) is 22.7 Å². The van der Waals surface area contributed by atoms with Gasteiger partial charge in [-0.15, -0.1) is 68.0 Å². The highest BCUT2D eigenvalue weighted by Gasteiger charge is 2.18. The van der Waals surface area contributed by atoms with Crippen LogP contribution in [0.3, 0.4) is 0 Å². The highest BCUT2D eigenvalue weighted by molar-refractivity contribution is 7.47. The number of thiophene rings is 6. The van der Waals surface area contributed by atoms with E-state index in [0.29, 0.717) is 22.5 Å². The molecular weight excluding hydrogens is 713 g/mol. The quantitative estimate of drug-likeness (QED) is 0.118. The summed E-state index contributed by atoms with van der Waals surface area (Å²) in [6, 6.07) is 33.3. The minimum absolute atomic E-state index is 0.561. The Labute approximate surface area is 301 Å². The van der Waals surface area contributed by atoms with Gasteiger partial charge in [0.2, 0.25) is 0 Å². The largest absolute Gasteiger partial charge is 0.396 e. The Kier molecular flexibility index (Phi) is 9.21. The Bertz CT molecular complexity index is 2360. The van der Waals surface area contributed by atoms with Gasteiger partial charge >= 0.3 is 0 Å². The van der Waals surface area contributed by atoms with Gasteiger partial charge in [0, 0.05) is 72.3 Å². The van der Waals surface area contributed by atoms with Crippen LogP contribution in [0.5, 0.6) is 0 Å². The summed E-state index contributed by atoms with van der Waals surface area (Å²) in [5.41, 5.74) is 11.1. The summed E-state index contributed by atoms with van der Waals surface area (Å²) < 4.78 is 4.22. The van der Waals surface area contributed by atoms with Gasteiger partial charge < -0.3 is 5.73 Å². The molecule has 0 radical (unpaired) electrons. The maximum atomic E-state index is 9.65. The predicted molar refractivity (Wildman–Crippen MR) is 209 cm³/mol. The molecule has 0 aliphatic rings. The molecule has 2 N–H and O–H groups in total. The van der Waals surface area contributed by atoms with Gasteiger partial charge in [-0.3, -0.25) is 0 Å². The summed E-state index contributed by atoms with van der Waals surface area (Å²) in [4.78, 5) is 10.6. The Morgan fingerprint density at radius 3 is 1.51 bits per heavy atom. The smallest absolute Gasteiger partial charge is 0.109 e. The topological polar surface area (TPSA) is 86.0 Å². The van der Waals surface area contributed by atoms with E-state index in [1.54, 1.807) is 68.0 Å². The summed E-state index contributed by atoms with van der Waals surface area (Å²) in [6.07, 6.45) is 3.90. The molecule has 7 rings (SSSR count). The average molecular weight is 733 g/mol. The van der Waals surface area contributed by atoms with E-state index in [4.69, 9.17) is 18.2 Å². The number of allylic oxidation sites excluding steroid dienone is 2. The number of rotatable bonds is 9. The number of nitrogens with zero attached hydrogens (tertiary/aromatic N) is 3. The van der Waals surface area contributed by atoms with E-state index >= 15 is 0 Å². The molecule has 11 heteroatoms. The maximum absolute atomic E-state index is 9.65. The summed E-state index contributed by atoms with van der Waals surface area (Å²) in [7, 11) is 0. The van der Waals surface area contributed by atoms with Crippen LogP contribution in [0.1, 0.15) is 19.5 Å². The van der Waals surface area contributed by atoms with Crippen molar-refractivity contribution in [3.05, 3.63) is 115 Å². The first-order valence-electron chi connectivity index (χ1n) is 14.0. The molecule has 0 aliphatic carbocycles. The monoisotopic (exact) mass is 732 g/mol. The van der Waals surface area contributed by atoms with Gasteiger partial charge in [-0.1, -0.05) is 24.3 Å². The van der Waals surface area contributed by atoms with Gasteiger partial charge in [-0.2, -0.15) is 14.9 Å². The number of nitrogen functional groups attached to an aromatic ring is 1. The first-order valence-corrected chi connectivity index (χ1v) is 19.4. The van der Waals surface area contributed by atoms with Crippen molar-refractivity contribution in [3.63, 3.8) is 0 Å². The maximum Gasteiger partial charge on any atom is 0.109 e. The van der Waals surface area contributed by atoms with Gasteiger partial charge in [0.25, 0.3) is 0 Å². The third kappa shape index (κ3) is 6.48. The molecule has 0 unspecified atom stereocenters. The molecule has 6 heterocycles. The van der Waals surface area contributed by atoms with Crippen molar-refractivity contribution in [1.29, 1.82) is 10.5 Å². The molecule has 0 aliphatic heterocycles. The molecule has 7 aromatic rings. The Morgan fingerprint density at radius 2 is 1.04 bits per heavy atom. The van der Waals surface area contributed by atoms with E-state index in [0.717, 1.165) is 59.9 Å². The molecule has 0 fully saturated rings. The molecule has 0 saturated heterocycles. The standard InChI is InChI=1S/C36H20N4S7/c37-19-21(27-3-1-15-42-27)17-23-5-9-31(44-23)33-13-11-29(46-33)25-7-8-26(36(40-41)35(25)39)30-12-14-34(47-30)32-10-6-24(45-32)18-22(20-38)28-4-2-16-43-28/h1-18H,39H2/b21-17+,22-18+. The number of hydrogen-bond acceptors (Lipinski definition) is 11. The van der Waals surface area contributed by atoms with E-state index in [2.05, 4.69) is 77.2 Å². The van der Waals surface area contributed by atoms with Crippen LogP contribution in [0.25, 0.3) is 63.7 Å². The lowest BCUT2D eigenvalue weighted by atomic mass is 10.0. The fourth-order valence-corrected chi connectivity index (χ4v) is 10.7. The van der Waals surface area contributed by atoms with Crippen LogP contribution in [-0.2, 0) is 12.4 Å². The molecule has 0 spiro atoms. The van der Waals surface area contributed by atoms with Gasteiger partial charge in [0.05, 0.1) is 16.8 Å². The second-order valence-electron chi connectivity index (χ2n) is 10.0. The van der Waals surface area contributed by atoms with Crippen molar-refractivity contribution in [1.82, 2.24) is 0 Å². The number of nitriles is 2. The van der Waals surface area contributed by atoms with Crippen LogP contribution < -0.4 is 5.73 Å². The lowest BCUT2D eigenvalue weighted by molar-refractivity contribution is 1.54. The van der Waals surface area contributed by atoms with Crippen molar-refractivity contribution in [2.24, 2.45) is 4.36 Å². The first kappa shape index (κ1) is 31.3. The number of anilines is 1. The van der Waals surface area contributed by atoms with Crippen molar-refractivity contribution < 1.29 is 0 Å². The molecule has 0 saturated carbocycles. The number of nitrogens with two attached hydrogens (primary N) is 1. The SMILES string of the molecule is N#C/C(=C\c1ccc(-c2ccc(-c3ccc(-c4ccc(-c5ccc(/C=C(\C#N)c6cccs6)s5)s4)c(N=S)c3N)s2)s1)c1cccs1. The summed E-state index contributed by atoms with van der Waals surface area (Å²) >= 11 is 15.0. The molecule has 6 aromatic heterocycles. The minimum atomic E-state index is 0.561. The van der Waals surface area contributed by atoms with Crippen LogP contribution >= 0.6 is 68.0 Å². The predicted octanol–water partition coefficient (Wildman–Crippen LogP) is 12.8. The highest BCUT2D eigenvalue weighted by Crippen LogP contribution is 2.47. The van der Waals surface area contributed by atoms with Gasteiger partial charge in [0.1, 0.15) is 17.8 Å². The Hall–Kier alpha value is -4.30. The minimum Gasteiger partial charge on any atom is -0.396 e. The molecule has 0 amide bonds. The van der Waals surface area contributed by atoms with E-state index in [9.17, 15) is 10.5 Å². The summed E-state index contributed by atoms with van der Waals surface area (Å²) in [6.45, 7) is 0. The molecule has 0 bridgehead atoms. The Balaban J connectivity index is 1.13. The van der Waals surface area contributed by atoms with Gasteiger partial charge in [-0.25, -0.2) is 0 Å². The number of benzene rings is 1. The van der Waals surface area contributed by atoms with E-state index in [1.165, 1.54) is 0 Å². The van der Waals surface area contributed by atoms with Crippen molar-refractivity contribution in [2.45, 2.75) is 0 Å². The van der Waals surface area contributed by atoms with E-state index < -0.39 is 0 Å². The average Bonchev–Trinajstić information content (AvgIpc) is 3.94. The zero-order chi connectivity index (χ0) is 32.3. The molecule has 1 aromatic carbocycles. The lowest BCUT2D eigenvalue weighted by Crippen LogP contribution is -1.91. The first-order chi connectivity index (χ1) is 23.0. The molecular formula is C36H20N4S7. The van der Waals surface area contributed by atoms with E-state index in [-0.39, 0.29) is 0 Å². The van der Waals surface area contributed by atoms with Crippen LogP contribution in [-0.4, -0.2) is 0 Å². The fourth-order valence-electron chi connectivity index (χ4n) is 4.94. The van der Waals surface area contributed by atoms with Crippen LogP contribution in [0.15, 0.2) is 100 Å². The third-order valence-corrected chi connectivity index (χ3v) is 13.9. The van der Waals surface area contributed by atoms with Crippen molar-refractivity contribution >= 4 is 115 Å². The second-order valence-corrected chi connectivity index (χ2v) is 16.5. The Morgan fingerprint density at radius 1 is 0.596 bits per heavy atom. The summed E-state index contributed by atoms with van der Waals surface area (Å²) in [5.74, 6) is 0.